The molecular weight excluding hydrogens is 176 g/mol. The molecule has 1 aliphatic heterocycles. The standard InChI is InChI=1S/C11H22N2O/c12-8-10(11-6-3-7-14-11)13-9-4-1-2-5-9/h9-11,13H,1-8,12H2. The molecule has 1 saturated heterocycles. The second-order valence-corrected chi connectivity index (χ2v) is 4.54. The zero-order chi connectivity index (χ0) is 9.80. The molecule has 3 nitrogen and oxygen atoms in total. The summed E-state index contributed by atoms with van der Waals surface area (Å²) in [6.07, 6.45) is 8.16. The van der Waals surface area contributed by atoms with E-state index in [4.69, 9.17) is 10.5 Å². The van der Waals surface area contributed by atoms with Gasteiger partial charge in [0.05, 0.1) is 6.10 Å². The summed E-state index contributed by atoms with van der Waals surface area (Å²) in [6.45, 7) is 1.63. The van der Waals surface area contributed by atoms with Gasteiger partial charge >= 0.3 is 0 Å². The van der Waals surface area contributed by atoms with Gasteiger partial charge in [-0.2, -0.15) is 0 Å². The highest BCUT2D eigenvalue weighted by Gasteiger charge is 2.27. The van der Waals surface area contributed by atoms with Crippen molar-refractivity contribution in [3.63, 3.8) is 0 Å². The van der Waals surface area contributed by atoms with Crippen molar-refractivity contribution >= 4 is 0 Å². The molecule has 2 unspecified atom stereocenters. The third-order valence-electron chi connectivity index (χ3n) is 3.47. The second kappa shape index (κ2) is 5.10. The molecule has 1 saturated carbocycles. The van der Waals surface area contributed by atoms with Gasteiger partial charge in [-0.25, -0.2) is 0 Å². The van der Waals surface area contributed by atoms with E-state index < -0.39 is 0 Å². The number of nitrogens with two attached hydrogens (primary N) is 1. The van der Waals surface area contributed by atoms with Crippen molar-refractivity contribution in [3.8, 4) is 0 Å². The molecule has 1 aliphatic carbocycles. The van der Waals surface area contributed by atoms with Crippen LogP contribution in [-0.2, 0) is 4.74 Å². The van der Waals surface area contributed by atoms with Crippen molar-refractivity contribution in [2.24, 2.45) is 5.73 Å². The van der Waals surface area contributed by atoms with Gasteiger partial charge in [-0.15, -0.1) is 0 Å². The number of hydrogen-bond acceptors (Lipinski definition) is 3. The molecule has 0 radical (unpaired) electrons. The van der Waals surface area contributed by atoms with Crippen LogP contribution < -0.4 is 11.1 Å². The summed E-state index contributed by atoms with van der Waals surface area (Å²) in [5.41, 5.74) is 5.79. The summed E-state index contributed by atoms with van der Waals surface area (Å²) in [4.78, 5) is 0. The fraction of sp³-hybridized carbons (Fsp3) is 1.00. The minimum Gasteiger partial charge on any atom is -0.377 e. The molecule has 82 valence electrons. The zero-order valence-corrected chi connectivity index (χ0v) is 8.87. The van der Waals surface area contributed by atoms with Gasteiger partial charge in [-0.3, -0.25) is 0 Å². The average molecular weight is 198 g/mol. The van der Waals surface area contributed by atoms with Crippen LogP contribution in [0.4, 0.5) is 0 Å². The van der Waals surface area contributed by atoms with Crippen LogP contribution >= 0.6 is 0 Å². The van der Waals surface area contributed by atoms with Gasteiger partial charge in [0.2, 0.25) is 0 Å². The Morgan fingerprint density at radius 3 is 2.57 bits per heavy atom. The number of rotatable bonds is 4. The van der Waals surface area contributed by atoms with Gasteiger partial charge in [-0.1, -0.05) is 12.8 Å². The highest BCUT2D eigenvalue weighted by Crippen LogP contribution is 2.21. The maximum Gasteiger partial charge on any atom is 0.0741 e. The van der Waals surface area contributed by atoms with Crippen LogP contribution in [0.25, 0.3) is 0 Å². The molecule has 14 heavy (non-hydrogen) atoms. The average Bonchev–Trinajstić information content (AvgIpc) is 2.86. The molecule has 0 aromatic carbocycles. The lowest BCUT2D eigenvalue weighted by atomic mass is 10.1. The van der Waals surface area contributed by atoms with Crippen LogP contribution in [0.1, 0.15) is 38.5 Å². The predicted octanol–water partition coefficient (Wildman–Crippen LogP) is 1.02. The van der Waals surface area contributed by atoms with Gasteiger partial charge in [0.1, 0.15) is 0 Å². The smallest absolute Gasteiger partial charge is 0.0741 e. The van der Waals surface area contributed by atoms with Crippen molar-refractivity contribution in [2.75, 3.05) is 13.2 Å². The molecule has 2 fully saturated rings. The summed E-state index contributed by atoms with van der Waals surface area (Å²) in [5.74, 6) is 0. The van der Waals surface area contributed by atoms with Crippen LogP contribution in [0.5, 0.6) is 0 Å². The van der Waals surface area contributed by atoms with E-state index in [1.807, 2.05) is 0 Å². The number of hydrogen-bond donors (Lipinski definition) is 2. The monoisotopic (exact) mass is 198 g/mol. The summed E-state index contributed by atoms with van der Waals surface area (Å²) in [7, 11) is 0. The summed E-state index contributed by atoms with van der Waals surface area (Å²) in [5, 5.41) is 3.66. The first kappa shape index (κ1) is 10.4. The molecule has 0 spiro atoms. The normalized spacial score (nSPS) is 31.1. The Morgan fingerprint density at radius 2 is 2.00 bits per heavy atom. The fourth-order valence-corrected chi connectivity index (χ4v) is 2.64. The van der Waals surface area contributed by atoms with Gasteiger partial charge in [0.15, 0.2) is 0 Å². The third kappa shape index (κ3) is 2.47. The van der Waals surface area contributed by atoms with Crippen LogP contribution in [-0.4, -0.2) is 31.3 Å². The molecule has 2 rings (SSSR count). The lowest BCUT2D eigenvalue weighted by Gasteiger charge is -2.26. The Hall–Kier alpha value is -0.120. The van der Waals surface area contributed by atoms with E-state index in [-0.39, 0.29) is 0 Å². The molecule has 3 heteroatoms. The quantitative estimate of drug-likeness (QED) is 0.709. The van der Waals surface area contributed by atoms with E-state index in [0.717, 1.165) is 6.61 Å². The minimum atomic E-state index is 0.376. The van der Waals surface area contributed by atoms with Crippen LogP contribution in [0.2, 0.25) is 0 Å². The SMILES string of the molecule is NCC(NC1CCCC1)C1CCCO1. The molecule has 0 bridgehead atoms. The molecule has 0 aromatic rings. The Balaban J connectivity index is 1.79. The molecule has 1 heterocycles. The van der Waals surface area contributed by atoms with Crippen LogP contribution in [0, 0.1) is 0 Å². The molecular formula is C11H22N2O. The van der Waals surface area contributed by atoms with E-state index in [1.165, 1.54) is 38.5 Å². The molecule has 3 N–H and O–H groups in total. The van der Waals surface area contributed by atoms with E-state index >= 15 is 0 Å². The lowest BCUT2D eigenvalue weighted by Crippen LogP contribution is -2.48. The highest BCUT2D eigenvalue weighted by molar-refractivity contribution is 4.86. The Kier molecular flexibility index (Phi) is 3.79. The number of nitrogens with one attached hydrogen (secondary N) is 1. The Bertz CT molecular complexity index is 163. The summed E-state index contributed by atoms with van der Waals surface area (Å²) in [6, 6.07) is 1.09. The maximum absolute atomic E-state index is 5.79. The number of ether oxygens (including phenoxy) is 1. The van der Waals surface area contributed by atoms with Crippen molar-refractivity contribution in [1.29, 1.82) is 0 Å². The van der Waals surface area contributed by atoms with Crippen molar-refractivity contribution < 1.29 is 4.74 Å². The van der Waals surface area contributed by atoms with Crippen molar-refractivity contribution in [1.82, 2.24) is 5.32 Å². The Morgan fingerprint density at radius 1 is 1.21 bits per heavy atom. The van der Waals surface area contributed by atoms with E-state index in [1.54, 1.807) is 0 Å². The van der Waals surface area contributed by atoms with Gasteiger partial charge in [-0.05, 0) is 25.7 Å². The minimum absolute atomic E-state index is 0.376. The third-order valence-corrected chi connectivity index (χ3v) is 3.47. The topological polar surface area (TPSA) is 47.3 Å². The lowest BCUT2D eigenvalue weighted by molar-refractivity contribution is 0.0768. The predicted molar refractivity (Wildman–Crippen MR) is 57.2 cm³/mol. The molecule has 0 amide bonds. The van der Waals surface area contributed by atoms with Gasteiger partial charge in [0.25, 0.3) is 0 Å². The second-order valence-electron chi connectivity index (χ2n) is 4.54. The first-order chi connectivity index (χ1) is 6.90. The highest BCUT2D eigenvalue weighted by atomic mass is 16.5. The largest absolute Gasteiger partial charge is 0.377 e. The van der Waals surface area contributed by atoms with Gasteiger partial charge < -0.3 is 15.8 Å². The maximum atomic E-state index is 5.79. The van der Waals surface area contributed by atoms with Crippen molar-refractivity contribution in [3.05, 3.63) is 0 Å². The fourth-order valence-electron chi connectivity index (χ4n) is 2.64. The van der Waals surface area contributed by atoms with Gasteiger partial charge in [0, 0.05) is 25.2 Å². The van der Waals surface area contributed by atoms with Crippen LogP contribution in [0.15, 0.2) is 0 Å². The Labute approximate surface area is 86.4 Å². The first-order valence-corrected chi connectivity index (χ1v) is 5.98. The molecule has 2 aliphatic rings. The summed E-state index contributed by atoms with van der Waals surface area (Å²) >= 11 is 0. The molecule has 0 aromatic heterocycles. The van der Waals surface area contributed by atoms with E-state index in [0.29, 0.717) is 24.7 Å². The summed E-state index contributed by atoms with van der Waals surface area (Å²) < 4.78 is 5.67. The molecule has 2 atom stereocenters. The van der Waals surface area contributed by atoms with Crippen molar-refractivity contribution in [2.45, 2.75) is 56.7 Å². The zero-order valence-electron chi connectivity index (χ0n) is 8.87. The van der Waals surface area contributed by atoms with E-state index in [2.05, 4.69) is 5.32 Å². The first-order valence-electron chi connectivity index (χ1n) is 5.98. The van der Waals surface area contributed by atoms with E-state index in [9.17, 15) is 0 Å². The van der Waals surface area contributed by atoms with Crippen LogP contribution in [0.3, 0.4) is 0 Å².